The van der Waals surface area contributed by atoms with Crippen LogP contribution >= 0.6 is 0 Å². The van der Waals surface area contributed by atoms with Crippen molar-refractivity contribution in [3.63, 3.8) is 0 Å². The summed E-state index contributed by atoms with van der Waals surface area (Å²) in [6.45, 7) is 3.85. The average Bonchev–Trinajstić information content (AvgIpc) is 2.56. The predicted octanol–water partition coefficient (Wildman–Crippen LogP) is 3.09. The highest BCUT2D eigenvalue weighted by Crippen LogP contribution is 2.19. The van der Waals surface area contributed by atoms with E-state index < -0.39 is 0 Å². The van der Waals surface area contributed by atoms with Gasteiger partial charge in [-0.25, -0.2) is 9.97 Å². The standard InChI is InChI=1S/C17H20N4O/c1-13-7-9-21(10-8-13)17(22)15-11-16(19-12-18-15)20-14-5-3-2-4-6-14/h2-6,11-13H,7-10H2,1H3,(H,18,19,20). The monoisotopic (exact) mass is 296 g/mol. The molecule has 5 nitrogen and oxygen atoms in total. The van der Waals surface area contributed by atoms with Crippen LogP contribution < -0.4 is 5.32 Å². The third-order valence-electron chi connectivity index (χ3n) is 4.00. The Kier molecular flexibility index (Phi) is 4.32. The molecule has 0 radical (unpaired) electrons. The summed E-state index contributed by atoms with van der Waals surface area (Å²) in [5.74, 6) is 1.32. The van der Waals surface area contributed by atoms with Crippen LogP contribution in [0.3, 0.4) is 0 Å². The molecule has 0 unspecified atom stereocenters. The van der Waals surface area contributed by atoms with Gasteiger partial charge in [-0.1, -0.05) is 25.1 Å². The summed E-state index contributed by atoms with van der Waals surface area (Å²) in [5, 5.41) is 3.19. The van der Waals surface area contributed by atoms with E-state index in [9.17, 15) is 4.79 Å². The molecule has 5 heteroatoms. The zero-order valence-electron chi connectivity index (χ0n) is 12.7. The lowest BCUT2D eigenvalue weighted by Crippen LogP contribution is -2.38. The zero-order valence-corrected chi connectivity index (χ0v) is 12.7. The van der Waals surface area contributed by atoms with Gasteiger partial charge in [0.2, 0.25) is 0 Å². The number of nitrogens with zero attached hydrogens (tertiary/aromatic N) is 3. The molecule has 0 saturated carbocycles. The maximum atomic E-state index is 12.5. The van der Waals surface area contributed by atoms with Gasteiger partial charge in [-0.15, -0.1) is 0 Å². The molecule has 0 spiro atoms. The minimum atomic E-state index is -0.00888. The van der Waals surface area contributed by atoms with Crippen LogP contribution in [0.5, 0.6) is 0 Å². The van der Waals surface area contributed by atoms with E-state index in [-0.39, 0.29) is 5.91 Å². The smallest absolute Gasteiger partial charge is 0.272 e. The number of carbonyl (C=O) groups excluding carboxylic acids is 1. The Bertz CT molecular complexity index is 636. The van der Waals surface area contributed by atoms with E-state index in [1.54, 1.807) is 6.07 Å². The molecular weight excluding hydrogens is 276 g/mol. The van der Waals surface area contributed by atoms with Crippen molar-refractivity contribution < 1.29 is 4.79 Å². The highest BCUT2D eigenvalue weighted by molar-refractivity contribution is 5.93. The first-order valence-electron chi connectivity index (χ1n) is 7.66. The van der Waals surface area contributed by atoms with E-state index in [1.807, 2.05) is 35.2 Å². The van der Waals surface area contributed by atoms with Crippen LogP contribution in [0.15, 0.2) is 42.7 Å². The summed E-state index contributed by atoms with van der Waals surface area (Å²) < 4.78 is 0. The number of benzene rings is 1. The van der Waals surface area contributed by atoms with E-state index in [1.165, 1.54) is 6.33 Å². The quantitative estimate of drug-likeness (QED) is 0.945. The summed E-state index contributed by atoms with van der Waals surface area (Å²) in [6, 6.07) is 11.5. The first-order valence-corrected chi connectivity index (χ1v) is 7.66. The third-order valence-corrected chi connectivity index (χ3v) is 4.00. The van der Waals surface area contributed by atoms with E-state index in [2.05, 4.69) is 22.2 Å². The van der Waals surface area contributed by atoms with Gasteiger partial charge in [-0.3, -0.25) is 4.79 Å². The zero-order chi connectivity index (χ0) is 15.4. The number of piperidine rings is 1. The number of hydrogen-bond acceptors (Lipinski definition) is 4. The normalized spacial score (nSPS) is 15.6. The fourth-order valence-corrected chi connectivity index (χ4v) is 2.59. The fourth-order valence-electron chi connectivity index (χ4n) is 2.59. The van der Waals surface area contributed by atoms with Crippen LogP contribution in [0.4, 0.5) is 11.5 Å². The summed E-state index contributed by atoms with van der Waals surface area (Å²) in [7, 11) is 0. The number of aromatic nitrogens is 2. The molecule has 1 aromatic heterocycles. The molecule has 1 aromatic carbocycles. The SMILES string of the molecule is CC1CCN(C(=O)c2cc(Nc3ccccc3)ncn2)CC1. The van der Waals surface area contributed by atoms with Crippen LogP contribution in [0.2, 0.25) is 0 Å². The Labute approximate surface area is 130 Å². The van der Waals surface area contributed by atoms with Crippen LogP contribution in [-0.2, 0) is 0 Å². The van der Waals surface area contributed by atoms with Crippen LogP contribution in [0.1, 0.15) is 30.3 Å². The molecule has 22 heavy (non-hydrogen) atoms. The Morgan fingerprint density at radius 3 is 2.64 bits per heavy atom. The van der Waals surface area contributed by atoms with Gasteiger partial charge in [0.15, 0.2) is 0 Å². The van der Waals surface area contributed by atoms with Gasteiger partial charge in [0.1, 0.15) is 17.8 Å². The number of likely N-dealkylation sites (tertiary alicyclic amines) is 1. The molecule has 1 amide bonds. The van der Waals surface area contributed by atoms with E-state index >= 15 is 0 Å². The lowest BCUT2D eigenvalue weighted by atomic mass is 9.99. The van der Waals surface area contributed by atoms with Gasteiger partial charge in [0.05, 0.1) is 0 Å². The van der Waals surface area contributed by atoms with Crippen molar-refractivity contribution in [3.05, 3.63) is 48.4 Å². The number of nitrogens with one attached hydrogen (secondary N) is 1. The number of carbonyl (C=O) groups is 1. The van der Waals surface area contributed by atoms with Gasteiger partial charge in [-0.2, -0.15) is 0 Å². The number of hydrogen-bond donors (Lipinski definition) is 1. The summed E-state index contributed by atoms with van der Waals surface area (Å²) >= 11 is 0. The minimum Gasteiger partial charge on any atom is -0.340 e. The highest BCUT2D eigenvalue weighted by Gasteiger charge is 2.22. The second-order valence-corrected chi connectivity index (χ2v) is 5.75. The molecule has 1 N–H and O–H groups in total. The predicted molar refractivity (Wildman–Crippen MR) is 86.1 cm³/mol. The molecule has 0 bridgehead atoms. The van der Waals surface area contributed by atoms with Gasteiger partial charge in [0.25, 0.3) is 5.91 Å². The molecule has 2 heterocycles. The first-order chi connectivity index (χ1) is 10.7. The average molecular weight is 296 g/mol. The molecule has 3 rings (SSSR count). The second kappa shape index (κ2) is 6.56. The van der Waals surface area contributed by atoms with Crippen molar-refractivity contribution in [2.45, 2.75) is 19.8 Å². The van der Waals surface area contributed by atoms with Gasteiger partial charge in [0, 0.05) is 24.8 Å². The van der Waals surface area contributed by atoms with Gasteiger partial charge in [-0.05, 0) is 30.9 Å². The van der Waals surface area contributed by atoms with E-state index in [4.69, 9.17) is 0 Å². The Morgan fingerprint density at radius 2 is 1.91 bits per heavy atom. The number of anilines is 2. The molecule has 1 aliphatic rings. The largest absolute Gasteiger partial charge is 0.340 e. The third kappa shape index (κ3) is 3.42. The second-order valence-electron chi connectivity index (χ2n) is 5.75. The Morgan fingerprint density at radius 1 is 1.18 bits per heavy atom. The van der Waals surface area contributed by atoms with Crippen molar-refractivity contribution in [3.8, 4) is 0 Å². The van der Waals surface area contributed by atoms with Crippen LogP contribution in [0, 0.1) is 5.92 Å². The maximum absolute atomic E-state index is 12.5. The molecule has 1 fully saturated rings. The molecule has 2 aromatic rings. The van der Waals surface area contributed by atoms with Crippen molar-refractivity contribution in [1.29, 1.82) is 0 Å². The maximum Gasteiger partial charge on any atom is 0.272 e. The molecule has 1 aliphatic heterocycles. The topological polar surface area (TPSA) is 58.1 Å². The van der Waals surface area contributed by atoms with Gasteiger partial charge >= 0.3 is 0 Å². The molecule has 1 saturated heterocycles. The molecule has 0 aliphatic carbocycles. The Balaban J connectivity index is 1.72. The molecule has 0 atom stereocenters. The minimum absolute atomic E-state index is 0.00888. The van der Waals surface area contributed by atoms with Crippen molar-refractivity contribution in [2.75, 3.05) is 18.4 Å². The summed E-state index contributed by atoms with van der Waals surface area (Å²) in [4.78, 5) is 22.7. The summed E-state index contributed by atoms with van der Waals surface area (Å²) in [6.07, 6.45) is 3.56. The fraction of sp³-hybridized carbons (Fsp3) is 0.353. The lowest BCUT2D eigenvalue weighted by molar-refractivity contribution is 0.0691. The first kappa shape index (κ1) is 14.5. The van der Waals surface area contributed by atoms with E-state index in [0.717, 1.165) is 31.6 Å². The summed E-state index contributed by atoms with van der Waals surface area (Å²) in [5.41, 5.74) is 1.38. The van der Waals surface area contributed by atoms with Gasteiger partial charge < -0.3 is 10.2 Å². The van der Waals surface area contributed by atoms with E-state index in [0.29, 0.717) is 17.4 Å². The van der Waals surface area contributed by atoms with Crippen molar-refractivity contribution in [1.82, 2.24) is 14.9 Å². The number of rotatable bonds is 3. The lowest BCUT2D eigenvalue weighted by Gasteiger charge is -2.30. The highest BCUT2D eigenvalue weighted by atomic mass is 16.2. The Hall–Kier alpha value is -2.43. The molecule has 114 valence electrons. The number of para-hydroxylation sites is 1. The van der Waals surface area contributed by atoms with Crippen molar-refractivity contribution >= 4 is 17.4 Å². The van der Waals surface area contributed by atoms with Crippen molar-refractivity contribution in [2.24, 2.45) is 5.92 Å². The molecular formula is C17H20N4O. The van der Waals surface area contributed by atoms with Crippen LogP contribution in [-0.4, -0.2) is 33.9 Å². The van der Waals surface area contributed by atoms with Crippen LogP contribution in [0.25, 0.3) is 0 Å². The number of amides is 1.